The van der Waals surface area contributed by atoms with E-state index in [1.165, 1.54) is 30.6 Å². The second-order valence-corrected chi connectivity index (χ2v) is 6.81. The van der Waals surface area contributed by atoms with Crippen LogP contribution in [0.5, 0.6) is 0 Å². The number of carbonyl (C=O) groups excluding carboxylic acids is 3. The Bertz CT molecular complexity index is 1200. The topological polar surface area (TPSA) is 84.3 Å². The van der Waals surface area contributed by atoms with Crippen molar-refractivity contribution in [1.29, 1.82) is 0 Å². The van der Waals surface area contributed by atoms with Crippen LogP contribution in [0.25, 0.3) is 11.8 Å². The summed E-state index contributed by atoms with van der Waals surface area (Å²) in [6.45, 7) is 3.70. The Hall–Kier alpha value is -4.07. The Labute approximate surface area is 171 Å². The highest BCUT2D eigenvalue weighted by atomic mass is 19.1. The Kier molecular flexibility index (Phi) is 4.75. The lowest BCUT2D eigenvalue weighted by molar-refractivity contribution is -0.122. The molecule has 0 bridgehead atoms. The van der Waals surface area contributed by atoms with Crippen LogP contribution in [0.4, 0.5) is 14.9 Å². The van der Waals surface area contributed by atoms with Gasteiger partial charge in [-0.1, -0.05) is 0 Å². The fourth-order valence-corrected chi connectivity index (χ4v) is 3.45. The molecule has 1 aliphatic rings. The summed E-state index contributed by atoms with van der Waals surface area (Å²) in [5, 5.41) is 2.19. The van der Waals surface area contributed by atoms with Gasteiger partial charge >= 0.3 is 6.03 Å². The van der Waals surface area contributed by atoms with Gasteiger partial charge in [0.05, 0.1) is 11.9 Å². The van der Waals surface area contributed by atoms with E-state index in [9.17, 15) is 18.8 Å². The number of anilines is 1. The van der Waals surface area contributed by atoms with Crippen molar-refractivity contribution in [2.75, 3.05) is 4.90 Å². The first kappa shape index (κ1) is 19.3. The molecule has 0 saturated carbocycles. The third-order valence-electron chi connectivity index (χ3n) is 4.86. The van der Waals surface area contributed by atoms with Gasteiger partial charge in [0.25, 0.3) is 11.8 Å². The molecule has 30 heavy (non-hydrogen) atoms. The Morgan fingerprint density at radius 1 is 1.03 bits per heavy atom. The van der Waals surface area contributed by atoms with Gasteiger partial charge in [0.1, 0.15) is 11.4 Å². The minimum Gasteiger partial charge on any atom is -0.318 e. The number of barbiturate groups is 1. The Morgan fingerprint density at radius 3 is 2.43 bits per heavy atom. The molecule has 1 fully saturated rings. The molecule has 1 aromatic carbocycles. The summed E-state index contributed by atoms with van der Waals surface area (Å²) in [5.41, 5.74) is 3.08. The number of halogens is 1. The van der Waals surface area contributed by atoms with E-state index in [1.807, 2.05) is 24.5 Å². The lowest BCUT2D eigenvalue weighted by Crippen LogP contribution is -2.54. The molecule has 150 valence electrons. The molecule has 0 radical (unpaired) electrons. The number of nitrogens with zero attached hydrogens (tertiary/aromatic N) is 3. The van der Waals surface area contributed by atoms with Crippen LogP contribution in [0.1, 0.15) is 17.0 Å². The minimum atomic E-state index is -0.827. The first-order valence-electron chi connectivity index (χ1n) is 9.13. The summed E-state index contributed by atoms with van der Waals surface area (Å²) in [4.78, 5) is 42.4. The zero-order valence-electron chi connectivity index (χ0n) is 16.2. The molecule has 7 nitrogen and oxygen atoms in total. The van der Waals surface area contributed by atoms with Gasteiger partial charge in [-0.25, -0.2) is 14.1 Å². The maximum Gasteiger partial charge on any atom is 0.336 e. The molecular formula is C22H17FN4O3. The number of hydrogen-bond acceptors (Lipinski definition) is 4. The normalized spacial score (nSPS) is 15.6. The summed E-state index contributed by atoms with van der Waals surface area (Å²) in [6.07, 6.45) is 4.34. The maximum atomic E-state index is 13.3. The number of aromatic nitrogens is 2. The van der Waals surface area contributed by atoms with Gasteiger partial charge in [0.2, 0.25) is 0 Å². The number of urea groups is 1. The average Bonchev–Trinajstić information content (AvgIpc) is 3.00. The molecule has 1 N–H and O–H groups in total. The molecular weight excluding hydrogens is 387 g/mol. The van der Waals surface area contributed by atoms with Gasteiger partial charge in [-0.3, -0.25) is 19.9 Å². The Balaban J connectivity index is 1.76. The fourth-order valence-electron chi connectivity index (χ4n) is 3.45. The van der Waals surface area contributed by atoms with Crippen LogP contribution in [0, 0.1) is 19.7 Å². The van der Waals surface area contributed by atoms with Crippen molar-refractivity contribution in [1.82, 2.24) is 14.9 Å². The number of amides is 4. The van der Waals surface area contributed by atoms with Gasteiger partial charge in [0, 0.05) is 23.3 Å². The first-order valence-corrected chi connectivity index (χ1v) is 9.13. The number of aryl methyl sites for hydroxylation is 1. The number of pyridine rings is 1. The second-order valence-electron chi connectivity index (χ2n) is 6.81. The van der Waals surface area contributed by atoms with Crippen molar-refractivity contribution < 1.29 is 18.8 Å². The lowest BCUT2D eigenvalue weighted by atomic mass is 10.1. The van der Waals surface area contributed by atoms with Crippen molar-refractivity contribution >= 4 is 29.6 Å². The second kappa shape index (κ2) is 7.40. The van der Waals surface area contributed by atoms with E-state index in [0.717, 1.165) is 22.0 Å². The standard InChI is InChI=1S/C22H17FN4O3/c1-13-10-15(14(2)26(13)17-7-5-16(23)6-8-17)11-19-20(28)25-22(30)27(21(19)29)18-4-3-9-24-12-18/h3-12H,1-2H3,(H,25,28,30)/b19-11+. The number of carbonyl (C=O) groups is 3. The number of rotatable bonds is 3. The largest absolute Gasteiger partial charge is 0.336 e. The SMILES string of the molecule is Cc1cc(/C=C2\C(=O)NC(=O)N(c3cccnc3)C2=O)c(C)n1-c1ccc(F)cc1. The summed E-state index contributed by atoms with van der Waals surface area (Å²) in [5.74, 6) is -1.84. The van der Waals surface area contributed by atoms with Crippen LogP contribution in [-0.2, 0) is 9.59 Å². The highest BCUT2D eigenvalue weighted by Crippen LogP contribution is 2.25. The molecule has 0 spiro atoms. The summed E-state index contributed by atoms with van der Waals surface area (Å²) in [7, 11) is 0. The lowest BCUT2D eigenvalue weighted by Gasteiger charge is -2.26. The number of benzene rings is 1. The number of nitrogens with one attached hydrogen (secondary N) is 1. The van der Waals surface area contributed by atoms with Gasteiger partial charge in [-0.05, 0) is 68.0 Å². The summed E-state index contributed by atoms with van der Waals surface area (Å²) >= 11 is 0. The van der Waals surface area contributed by atoms with Crippen LogP contribution in [0.15, 0.2) is 60.4 Å². The van der Waals surface area contributed by atoms with Crippen molar-refractivity contribution in [3.8, 4) is 5.69 Å². The van der Waals surface area contributed by atoms with Crippen LogP contribution in [-0.4, -0.2) is 27.4 Å². The number of hydrogen-bond donors (Lipinski definition) is 1. The molecule has 0 aliphatic carbocycles. The minimum absolute atomic E-state index is 0.169. The summed E-state index contributed by atoms with van der Waals surface area (Å²) < 4.78 is 15.2. The predicted molar refractivity (Wildman–Crippen MR) is 108 cm³/mol. The van der Waals surface area contributed by atoms with Gasteiger partial charge in [0.15, 0.2) is 0 Å². The Morgan fingerprint density at radius 2 is 1.77 bits per heavy atom. The van der Waals surface area contributed by atoms with E-state index < -0.39 is 17.8 Å². The molecule has 3 aromatic rings. The van der Waals surface area contributed by atoms with Crippen LogP contribution in [0.3, 0.4) is 0 Å². The molecule has 1 saturated heterocycles. The van der Waals surface area contributed by atoms with Gasteiger partial charge < -0.3 is 4.57 Å². The molecule has 4 amide bonds. The molecule has 1 aliphatic heterocycles. The fraction of sp³-hybridized carbons (Fsp3) is 0.0909. The number of imide groups is 2. The predicted octanol–water partition coefficient (Wildman–Crippen LogP) is 3.29. The summed E-state index contributed by atoms with van der Waals surface area (Å²) in [6, 6.07) is 10.2. The third kappa shape index (κ3) is 3.28. The third-order valence-corrected chi connectivity index (χ3v) is 4.86. The van der Waals surface area contributed by atoms with Crippen molar-refractivity contribution in [2.45, 2.75) is 13.8 Å². The van der Waals surface area contributed by atoms with Gasteiger partial charge in [-0.2, -0.15) is 0 Å². The van der Waals surface area contributed by atoms with Crippen LogP contribution < -0.4 is 10.2 Å². The van der Waals surface area contributed by atoms with Gasteiger partial charge in [-0.15, -0.1) is 0 Å². The zero-order valence-corrected chi connectivity index (χ0v) is 16.2. The van der Waals surface area contributed by atoms with Crippen LogP contribution in [0.2, 0.25) is 0 Å². The van der Waals surface area contributed by atoms with Crippen molar-refractivity contribution in [3.05, 3.63) is 83.2 Å². The van der Waals surface area contributed by atoms with Crippen LogP contribution >= 0.6 is 0 Å². The van der Waals surface area contributed by atoms with E-state index in [0.29, 0.717) is 5.56 Å². The van der Waals surface area contributed by atoms with E-state index in [1.54, 1.807) is 24.3 Å². The maximum absolute atomic E-state index is 13.3. The molecule has 0 unspecified atom stereocenters. The first-order chi connectivity index (χ1) is 14.4. The highest BCUT2D eigenvalue weighted by Gasteiger charge is 2.37. The van der Waals surface area contributed by atoms with Crippen molar-refractivity contribution in [3.63, 3.8) is 0 Å². The zero-order chi connectivity index (χ0) is 21.4. The van der Waals surface area contributed by atoms with Crippen molar-refractivity contribution in [2.24, 2.45) is 0 Å². The molecule has 0 atom stereocenters. The molecule has 3 heterocycles. The molecule has 2 aromatic heterocycles. The monoisotopic (exact) mass is 404 g/mol. The quantitative estimate of drug-likeness (QED) is 0.536. The smallest absolute Gasteiger partial charge is 0.318 e. The molecule has 8 heteroatoms. The van der Waals surface area contributed by atoms with E-state index in [4.69, 9.17) is 0 Å². The average molecular weight is 404 g/mol. The molecule has 4 rings (SSSR count). The highest BCUT2D eigenvalue weighted by molar-refractivity contribution is 6.39. The van der Waals surface area contributed by atoms with E-state index in [-0.39, 0.29) is 17.1 Å². The van der Waals surface area contributed by atoms with E-state index in [2.05, 4.69) is 10.3 Å². The van der Waals surface area contributed by atoms with E-state index >= 15 is 0 Å².